The Morgan fingerprint density at radius 3 is 2.96 bits per heavy atom. The molecule has 0 aliphatic carbocycles. The molecule has 6 nitrogen and oxygen atoms in total. The molecule has 1 aromatic carbocycles. The minimum absolute atomic E-state index is 0.167. The monoisotopic (exact) mass is 331 g/mol. The van der Waals surface area contributed by atoms with Crippen molar-refractivity contribution in [3.63, 3.8) is 0 Å². The zero-order valence-corrected chi connectivity index (χ0v) is 14.5. The molecule has 0 saturated carbocycles. The molecule has 0 amide bonds. The SMILES string of the molecule is COc1cc(-c2noc(CN3C(C)CCCC3CO)n2)ccc1C. The fourth-order valence-corrected chi connectivity index (χ4v) is 3.37. The van der Waals surface area contributed by atoms with Crippen LogP contribution < -0.4 is 4.74 Å². The summed E-state index contributed by atoms with van der Waals surface area (Å²) in [5, 5.41) is 13.7. The van der Waals surface area contributed by atoms with Gasteiger partial charge in [-0.05, 0) is 38.3 Å². The van der Waals surface area contributed by atoms with Gasteiger partial charge in [0.05, 0.1) is 20.3 Å². The number of ether oxygens (including phenoxy) is 1. The van der Waals surface area contributed by atoms with Gasteiger partial charge < -0.3 is 14.4 Å². The van der Waals surface area contributed by atoms with E-state index in [-0.39, 0.29) is 12.6 Å². The first kappa shape index (κ1) is 16.9. The summed E-state index contributed by atoms with van der Waals surface area (Å²) in [7, 11) is 1.65. The number of piperidine rings is 1. The van der Waals surface area contributed by atoms with Crippen LogP contribution in [0.2, 0.25) is 0 Å². The topological polar surface area (TPSA) is 71.6 Å². The summed E-state index contributed by atoms with van der Waals surface area (Å²) in [6.45, 7) is 4.92. The lowest BCUT2D eigenvalue weighted by Gasteiger charge is -2.38. The number of nitrogens with zero attached hydrogens (tertiary/aromatic N) is 3. The van der Waals surface area contributed by atoms with E-state index in [1.165, 1.54) is 0 Å². The van der Waals surface area contributed by atoms with Gasteiger partial charge in [0, 0.05) is 17.6 Å². The van der Waals surface area contributed by atoms with Gasteiger partial charge in [0.25, 0.3) is 0 Å². The Morgan fingerprint density at radius 2 is 2.21 bits per heavy atom. The highest BCUT2D eigenvalue weighted by Gasteiger charge is 2.28. The number of aliphatic hydroxyl groups is 1. The molecule has 3 rings (SSSR count). The van der Waals surface area contributed by atoms with Gasteiger partial charge in [-0.2, -0.15) is 4.98 Å². The Labute approximate surface area is 142 Å². The minimum atomic E-state index is 0.167. The van der Waals surface area contributed by atoms with Crippen molar-refractivity contribution >= 4 is 0 Å². The number of hydrogen-bond donors (Lipinski definition) is 1. The number of benzene rings is 1. The fourth-order valence-electron chi connectivity index (χ4n) is 3.37. The standard InChI is InChI=1S/C18H25N3O3/c1-12-7-8-14(9-16(12)23-3)18-19-17(24-20-18)10-21-13(2)5-4-6-15(21)11-22/h7-9,13,15,22H,4-6,10-11H2,1-3H3. The van der Waals surface area contributed by atoms with Crippen LogP contribution in [-0.4, -0.2) is 45.9 Å². The first-order valence-corrected chi connectivity index (χ1v) is 8.46. The van der Waals surface area contributed by atoms with Crippen molar-refractivity contribution in [2.45, 2.75) is 51.7 Å². The van der Waals surface area contributed by atoms with Crippen molar-refractivity contribution in [1.29, 1.82) is 0 Å². The van der Waals surface area contributed by atoms with Crippen LogP contribution in [0.25, 0.3) is 11.4 Å². The lowest BCUT2D eigenvalue weighted by atomic mass is 9.97. The molecule has 130 valence electrons. The van der Waals surface area contributed by atoms with Gasteiger partial charge in [-0.25, -0.2) is 0 Å². The highest BCUT2D eigenvalue weighted by molar-refractivity contribution is 5.58. The molecule has 6 heteroatoms. The van der Waals surface area contributed by atoms with Gasteiger partial charge in [-0.1, -0.05) is 23.7 Å². The molecule has 1 N–H and O–H groups in total. The van der Waals surface area contributed by atoms with Crippen molar-refractivity contribution in [3.8, 4) is 17.1 Å². The van der Waals surface area contributed by atoms with E-state index in [9.17, 15) is 5.11 Å². The van der Waals surface area contributed by atoms with Crippen LogP contribution in [0.1, 0.15) is 37.6 Å². The average Bonchev–Trinajstić information content (AvgIpc) is 3.06. The van der Waals surface area contributed by atoms with E-state index in [4.69, 9.17) is 9.26 Å². The number of hydrogen-bond acceptors (Lipinski definition) is 6. The van der Waals surface area contributed by atoms with Gasteiger partial charge in [-0.15, -0.1) is 0 Å². The second kappa shape index (κ2) is 7.32. The van der Waals surface area contributed by atoms with Gasteiger partial charge in [-0.3, -0.25) is 4.90 Å². The fraction of sp³-hybridized carbons (Fsp3) is 0.556. The zero-order valence-electron chi connectivity index (χ0n) is 14.5. The highest BCUT2D eigenvalue weighted by atomic mass is 16.5. The molecule has 0 radical (unpaired) electrons. The highest BCUT2D eigenvalue weighted by Crippen LogP contribution is 2.27. The lowest BCUT2D eigenvalue weighted by Crippen LogP contribution is -2.46. The number of aryl methyl sites for hydroxylation is 1. The average molecular weight is 331 g/mol. The predicted molar refractivity (Wildman–Crippen MR) is 90.8 cm³/mol. The van der Waals surface area contributed by atoms with Gasteiger partial charge in [0.1, 0.15) is 5.75 Å². The maximum Gasteiger partial charge on any atom is 0.241 e. The molecule has 1 aromatic heterocycles. The number of likely N-dealkylation sites (tertiary alicyclic amines) is 1. The van der Waals surface area contributed by atoms with Gasteiger partial charge >= 0.3 is 0 Å². The first-order chi connectivity index (χ1) is 11.6. The van der Waals surface area contributed by atoms with E-state index < -0.39 is 0 Å². The lowest BCUT2D eigenvalue weighted by molar-refractivity contribution is 0.0370. The van der Waals surface area contributed by atoms with Crippen molar-refractivity contribution in [2.24, 2.45) is 0 Å². The summed E-state index contributed by atoms with van der Waals surface area (Å²) in [5.41, 5.74) is 1.94. The maximum atomic E-state index is 9.60. The van der Waals surface area contributed by atoms with Crippen molar-refractivity contribution < 1.29 is 14.4 Å². The molecule has 1 fully saturated rings. The van der Waals surface area contributed by atoms with Crippen molar-refractivity contribution in [3.05, 3.63) is 29.7 Å². The van der Waals surface area contributed by atoms with Crippen LogP contribution in [0.4, 0.5) is 0 Å². The van der Waals surface area contributed by atoms with Gasteiger partial charge in [0.2, 0.25) is 11.7 Å². The molecule has 2 aromatic rings. The van der Waals surface area contributed by atoms with Crippen molar-refractivity contribution in [1.82, 2.24) is 15.0 Å². The number of rotatable bonds is 5. The summed E-state index contributed by atoms with van der Waals surface area (Å²) in [5.74, 6) is 1.95. The van der Waals surface area contributed by atoms with Crippen molar-refractivity contribution in [2.75, 3.05) is 13.7 Å². The molecule has 2 atom stereocenters. The molecule has 2 unspecified atom stereocenters. The normalized spacial score (nSPS) is 21.8. The third-order valence-corrected chi connectivity index (χ3v) is 4.86. The molecule has 1 aliphatic rings. The molecular weight excluding hydrogens is 306 g/mol. The summed E-state index contributed by atoms with van der Waals surface area (Å²) in [4.78, 5) is 6.79. The molecule has 0 bridgehead atoms. The van der Waals surface area contributed by atoms with E-state index in [1.807, 2.05) is 25.1 Å². The van der Waals surface area contributed by atoms with Gasteiger partial charge in [0.15, 0.2) is 0 Å². The van der Waals surface area contributed by atoms with E-state index in [0.29, 0.717) is 24.3 Å². The molecule has 0 spiro atoms. The second-order valence-electron chi connectivity index (χ2n) is 6.48. The summed E-state index contributed by atoms with van der Waals surface area (Å²) < 4.78 is 10.8. The summed E-state index contributed by atoms with van der Waals surface area (Å²) in [6.07, 6.45) is 3.30. The van der Waals surface area contributed by atoms with E-state index in [0.717, 1.165) is 36.1 Å². The Kier molecular flexibility index (Phi) is 5.16. The predicted octanol–water partition coefficient (Wildman–Crippen LogP) is 2.79. The van der Waals surface area contributed by atoms with Crippen LogP contribution in [0.15, 0.2) is 22.7 Å². The molecular formula is C18H25N3O3. The van der Waals surface area contributed by atoms with Crippen LogP contribution in [-0.2, 0) is 6.54 Å². The Balaban J connectivity index is 1.78. The first-order valence-electron chi connectivity index (χ1n) is 8.46. The number of methoxy groups -OCH3 is 1. The van der Waals surface area contributed by atoms with Crippen LogP contribution in [0, 0.1) is 6.92 Å². The summed E-state index contributed by atoms with van der Waals surface area (Å²) in [6, 6.07) is 6.45. The second-order valence-corrected chi connectivity index (χ2v) is 6.48. The quantitative estimate of drug-likeness (QED) is 0.908. The summed E-state index contributed by atoms with van der Waals surface area (Å²) >= 11 is 0. The molecule has 1 aliphatic heterocycles. The molecule has 2 heterocycles. The van der Waals surface area contributed by atoms with Crippen LogP contribution >= 0.6 is 0 Å². The Hall–Kier alpha value is -1.92. The maximum absolute atomic E-state index is 9.60. The van der Waals surface area contributed by atoms with Crippen LogP contribution in [0.3, 0.4) is 0 Å². The molecule has 24 heavy (non-hydrogen) atoms. The minimum Gasteiger partial charge on any atom is -0.496 e. The largest absolute Gasteiger partial charge is 0.496 e. The number of aliphatic hydroxyl groups excluding tert-OH is 1. The molecule has 1 saturated heterocycles. The van der Waals surface area contributed by atoms with Crippen LogP contribution in [0.5, 0.6) is 5.75 Å². The zero-order chi connectivity index (χ0) is 17.1. The third kappa shape index (κ3) is 3.44. The Morgan fingerprint density at radius 1 is 1.38 bits per heavy atom. The Bertz CT molecular complexity index is 686. The third-order valence-electron chi connectivity index (χ3n) is 4.86. The van der Waals surface area contributed by atoms with E-state index >= 15 is 0 Å². The van der Waals surface area contributed by atoms with E-state index in [1.54, 1.807) is 7.11 Å². The smallest absolute Gasteiger partial charge is 0.241 e. The van der Waals surface area contributed by atoms with E-state index in [2.05, 4.69) is 22.0 Å². The number of aromatic nitrogens is 2.